The van der Waals surface area contributed by atoms with E-state index in [1.54, 1.807) is 0 Å². The summed E-state index contributed by atoms with van der Waals surface area (Å²) in [5, 5.41) is 0. The van der Waals surface area contributed by atoms with Crippen molar-refractivity contribution in [1.82, 2.24) is 0 Å². The Morgan fingerprint density at radius 3 is 2.65 bits per heavy atom. The van der Waals surface area contributed by atoms with Gasteiger partial charge in [0.1, 0.15) is 18.2 Å². The smallest absolute Gasteiger partial charge is 0.243 e. The van der Waals surface area contributed by atoms with Gasteiger partial charge in [0.2, 0.25) is 5.91 Å². The fourth-order valence-electron chi connectivity index (χ4n) is 1.32. The topological polar surface area (TPSA) is 78.3 Å². The van der Waals surface area contributed by atoms with Crippen LogP contribution in [0.25, 0.3) is 0 Å². The molecule has 6 heteroatoms. The van der Waals surface area contributed by atoms with Gasteiger partial charge in [0, 0.05) is 5.56 Å². The van der Waals surface area contributed by atoms with Crippen LogP contribution in [0.1, 0.15) is 17.2 Å². The predicted molar refractivity (Wildman–Crippen MR) is 58.0 cm³/mol. The average Bonchev–Trinajstić information content (AvgIpc) is 2.22. The number of hydrogen-bond acceptors (Lipinski definition) is 3. The van der Waals surface area contributed by atoms with E-state index in [1.807, 2.05) is 0 Å². The van der Waals surface area contributed by atoms with E-state index in [0.29, 0.717) is 0 Å². The summed E-state index contributed by atoms with van der Waals surface area (Å²) in [7, 11) is 0. The van der Waals surface area contributed by atoms with Gasteiger partial charge >= 0.3 is 0 Å². The number of benzene rings is 1. The first-order chi connectivity index (χ1) is 7.91. The molecule has 0 bridgehead atoms. The summed E-state index contributed by atoms with van der Waals surface area (Å²) in [6.45, 7) is 1.04. The third kappa shape index (κ3) is 3.76. The molecular formula is C11H14F2N2O2. The number of hydrogen-bond donors (Lipinski definition) is 2. The number of aryl methyl sites for hydroxylation is 1. The standard InChI is InChI=1S/C11H14F2N2O2/c1-6-2-9(13)7(3-8(6)12)10(14)4-17-5-11(15)16/h2-3,10H,4-5,14H2,1H3,(H2,15,16). The van der Waals surface area contributed by atoms with Gasteiger partial charge in [-0.15, -0.1) is 0 Å². The lowest BCUT2D eigenvalue weighted by molar-refractivity contribution is -0.122. The second kappa shape index (κ2) is 5.70. The summed E-state index contributed by atoms with van der Waals surface area (Å²) in [4.78, 5) is 10.4. The second-order valence-electron chi connectivity index (χ2n) is 3.71. The predicted octanol–water partition coefficient (Wildman–Crippen LogP) is 0.775. The normalized spacial score (nSPS) is 12.5. The minimum Gasteiger partial charge on any atom is -0.370 e. The molecule has 4 nitrogen and oxygen atoms in total. The molecule has 4 N–H and O–H groups in total. The number of amides is 1. The summed E-state index contributed by atoms with van der Waals surface area (Å²) >= 11 is 0. The number of nitrogens with two attached hydrogens (primary N) is 2. The third-order valence-corrected chi connectivity index (χ3v) is 2.22. The maximum atomic E-state index is 13.5. The summed E-state index contributed by atoms with van der Waals surface area (Å²) in [6.07, 6.45) is 0. The van der Waals surface area contributed by atoms with Crippen molar-refractivity contribution < 1.29 is 18.3 Å². The molecule has 0 heterocycles. The molecule has 0 aliphatic heterocycles. The molecule has 1 unspecified atom stereocenters. The number of primary amides is 1. The zero-order valence-corrected chi connectivity index (χ0v) is 9.37. The van der Waals surface area contributed by atoms with E-state index in [2.05, 4.69) is 0 Å². The van der Waals surface area contributed by atoms with Gasteiger partial charge in [0.25, 0.3) is 0 Å². The maximum Gasteiger partial charge on any atom is 0.243 e. The molecule has 0 saturated heterocycles. The monoisotopic (exact) mass is 244 g/mol. The first kappa shape index (κ1) is 13.5. The van der Waals surface area contributed by atoms with Crippen molar-refractivity contribution in [3.63, 3.8) is 0 Å². The zero-order valence-electron chi connectivity index (χ0n) is 9.37. The fraction of sp³-hybridized carbons (Fsp3) is 0.364. The lowest BCUT2D eigenvalue weighted by Gasteiger charge is -2.13. The van der Waals surface area contributed by atoms with E-state index in [9.17, 15) is 13.6 Å². The van der Waals surface area contributed by atoms with Crippen molar-refractivity contribution in [3.05, 3.63) is 34.9 Å². The van der Waals surface area contributed by atoms with Gasteiger partial charge in [-0.3, -0.25) is 4.79 Å². The second-order valence-corrected chi connectivity index (χ2v) is 3.71. The van der Waals surface area contributed by atoms with E-state index in [1.165, 1.54) is 6.92 Å². The van der Waals surface area contributed by atoms with Crippen LogP contribution in [-0.2, 0) is 9.53 Å². The van der Waals surface area contributed by atoms with Gasteiger partial charge in [-0.1, -0.05) is 0 Å². The first-order valence-corrected chi connectivity index (χ1v) is 4.99. The number of carbonyl (C=O) groups excluding carboxylic acids is 1. The first-order valence-electron chi connectivity index (χ1n) is 4.99. The summed E-state index contributed by atoms with van der Waals surface area (Å²) in [6, 6.07) is 1.26. The van der Waals surface area contributed by atoms with Gasteiger partial charge in [-0.05, 0) is 24.6 Å². The number of rotatable bonds is 5. The molecule has 1 atom stereocenters. The molecule has 1 rings (SSSR count). The molecule has 0 spiro atoms. The van der Waals surface area contributed by atoms with Gasteiger partial charge < -0.3 is 16.2 Å². The minimum absolute atomic E-state index is 0.0116. The highest BCUT2D eigenvalue weighted by Crippen LogP contribution is 2.19. The van der Waals surface area contributed by atoms with Crippen LogP contribution in [0.15, 0.2) is 12.1 Å². The number of ether oxygens (including phenoxy) is 1. The van der Waals surface area contributed by atoms with Crippen molar-refractivity contribution in [2.75, 3.05) is 13.2 Å². The van der Waals surface area contributed by atoms with Crippen molar-refractivity contribution in [3.8, 4) is 0 Å². The molecule has 0 aromatic heterocycles. The molecule has 0 saturated carbocycles. The Morgan fingerprint density at radius 1 is 1.41 bits per heavy atom. The Labute approximate surface area is 97.5 Å². The lowest BCUT2D eigenvalue weighted by Crippen LogP contribution is -2.24. The van der Waals surface area contributed by atoms with Crippen LogP contribution in [-0.4, -0.2) is 19.1 Å². The maximum absolute atomic E-state index is 13.5. The number of carbonyl (C=O) groups is 1. The van der Waals surface area contributed by atoms with E-state index in [0.717, 1.165) is 12.1 Å². The van der Waals surface area contributed by atoms with Gasteiger partial charge in [0.15, 0.2) is 0 Å². The van der Waals surface area contributed by atoms with E-state index < -0.39 is 23.6 Å². The largest absolute Gasteiger partial charge is 0.370 e. The van der Waals surface area contributed by atoms with Crippen LogP contribution < -0.4 is 11.5 Å². The van der Waals surface area contributed by atoms with E-state index in [-0.39, 0.29) is 24.3 Å². The van der Waals surface area contributed by atoms with Gasteiger partial charge in [-0.25, -0.2) is 8.78 Å². The highest BCUT2D eigenvalue weighted by Gasteiger charge is 2.14. The average molecular weight is 244 g/mol. The Balaban J connectivity index is 2.71. The quantitative estimate of drug-likeness (QED) is 0.803. The van der Waals surface area contributed by atoms with Crippen molar-refractivity contribution >= 4 is 5.91 Å². The van der Waals surface area contributed by atoms with Crippen molar-refractivity contribution in [1.29, 1.82) is 0 Å². The summed E-state index contributed by atoms with van der Waals surface area (Å²) in [5.74, 6) is -1.78. The highest BCUT2D eigenvalue weighted by atomic mass is 19.1. The Bertz CT molecular complexity index is 424. The van der Waals surface area contributed by atoms with Crippen LogP contribution >= 0.6 is 0 Å². The van der Waals surface area contributed by atoms with Crippen LogP contribution in [0.2, 0.25) is 0 Å². The molecule has 1 aromatic carbocycles. The Hall–Kier alpha value is -1.53. The number of halogens is 2. The van der Waals surface area contributed by atoms with Crippen molar-refractivity contribution in [2.45, 2.75) is 13.0 Å². The van der Waals surface area contributed by atoms with Crippen LogP contribution in [0.4, 0.5) is 8.78 Å². The van der Waals surface area contributed by atoms with Gasteiger partial charge in [-0.2, -0.15) is 0 Å². The Kier molecular flexibility index (Phi) is 4.53. The molecule has 0 radical (unpaired) electrons. The van der Waals surface area contributed by atoms with E-state index >= 15 is 0 Å². The SMILES string of the molecule is Cc1cc(F)c(C(N)COCC(N)=O)cc1F. The fourth-order valence-corrected chi connectivity index (χ4v) is 1.32. The highest BCUT2D eigenvalue weighted by molar-refractivity contribution is 5.74. The molecule has 17 heavy (non-hydrogen) atoms. The van der Waals surface area contributed by atoms with Gasteiger partial charge in [0.05, 0.1) is 12.6 Å². The molecule has 1 aromatic rings. The molecule has 1 amide bonds. The summed E-state index contributed by atoms with van der Waals surface area (Å²) in [5.41, 5.74) is 10.7. The van der Waals surface area contributed by atoms with Crippen LogP contribution in [0.3, 0.4) is 0 Å². The molecule has 94 valence electrons. The van der Waals surface area contributed by atoms with Crippen LogP contribution in [0, 0.1) is 18.6 Å². The Morgan fingerprint density at radius 2 is 2.06 bits per heavy atom. The zero-order chi connectivity index (χ0) is 13.0. The molecular weight excluding hydrogens is 230 g/mol. The minimum atomic E-state index is -0.843. The third-order valence-electron chi connectivity index (χ3n) is 2.22. The molecule has 0 aliphatic rings. The lowest BCUT2D eigenvalue weighted by atomic mass is 10.1. The molecule has 0 fully saturated rings. The molecule has 0 aliphatic carbocycles. The summed E-state index contributed by atoms with van der Waals surface area (Å²) < 4.78 is 31.6. The van der Waals surface area contributed by atoms with Crippen molar-refractivity contribution in [2.24, 2.45) is 11.5 Å². The van der Waals surface area contributed by atoms with Crippen LogP contribution in [0.5, 0.6) is 0 Å². The van der Waals surface area contributed by atoms with E-state index in [4.69, 9.17) is 16.2 Å².